The summed E-state index contributed by atoms with van der Waals surface area (Å²) in [4.78, 5) is 11.8. The summed E-state index contributed by atoms with van der Waals surface area (Å²) in [5.74, 6) is 2.42. The van der Waals surface area contributed by atoms with Crippen LogP contribution in [0.25, 0.3) is 0 Å². The van der Waals surface area contributed by atoms with Gasteiger partial charge in [0.1, 0.15) is 6.10 Å². The Bertz CT molecular complexity index is 891. The predicted molar refractivity (Wildman–Crippen MR) is 144 cm³/mol. The van der Waals surface area contributed by atoms with E-state index in [1.54, 1.807) is 12.5 Å². The average molecular weight is 485 g/mol. The van der Waals surface area contributed by atoms with Crippen LogP contribution < -0.4 is 0 Å². The number of hydrogen-bond acceptors (Lipinski definition) is 3. The molecule has 4 aliphatic carbocycles. The van der Waals surface area contributed by atoms with Crippen molar-refractivity contribution < 1.29 is 14.6 Å². The number of fused-ring (bicyclic) bond motifs is 5. The number of carbonyl (C=O) groups excluding carboxylic acids is 1. The van der Waals surface area contributed by atoms with Crippen LogP contribution in [0.2, 0.25) is 0 Å². The first-order valence-electron chi connectivity index (χ1n) is 14.3. The van der Waals surface area contributed by atoms with E-state index >= 15 is 0 Å². The molecule has 0 unspecified atom stereocenters. The van der Waals surface area contributed by atoms with Gasteiger partial charge in [0.05, 0.1) is 5.60 Å². The molecule has 0 aromatic heterocycles. The molecule has 35 heavy (non-hydrogen) atoms. The fourth-order valence-electron chi connectivity index (χ4n) is 9.79. The lowest BCUT2D eigenvalue weighted by atomic mass is 9.41. The van der Waals surface area contributed by atoms with Gasteiger partial charge in [-0.05, 0) is 105 Å². The quantitative estimate of drug-likeness (QED) is 0.319. The van der Waals surface area contributed by atoms with Crippen LogP contribution in [0.1, 0.15) is 114 Å². The molecule has 0 bridgehead atoms. The molecule has 8 atom stereocenters. The molecule has 198 valence electrons. The lowest BCUT2D eigenvalue weighted by molar-refractivity contribution is -0.174. The third-order valence-corrected chi connectivity index (χ3v) is 11.9. The van der Waals surface area contributed by atoms with E-state index in [4.69, 9.17) is 4.74 Å². The van der Waals surface area contributed by atoms with Gasteiger partial charge in [-0.1, -0.05) is 65.3 Å². The van der Waals surface area contributed by atoms with Crippen molar-refractivity contribution in [3.05, 3.63) is 23.8 Å². The van der Waals surface area contributed by atoms with E-state index in [0.29, 0.717) is 23.2 Å². The molecule has 3 saturated carbocycles. The van der Waals surface area contributed by atoms with Crippen LogP contribution >= 0.6 is 0 Å². The zero-order valence-electron chi connectivity index (χ0n) is 24.0. The molecule has 0 aliphatic heterocycles. The third-order valence-electron chi connectivity index (χ3n) is 11.9. The summed E-state index contributed by atoms with van der Waals surface area (Å²) in [7, 11) is 0. The number of esters is 1. The Balaban J connectivity index is 1.60. The first-order valence-corrected chi connectivity index (χ1v) is 14.3. The Hall–Kier alpha value is -1.09. The van der Waals surface area contributed by atoms with Crippen molar-refractivity contribution in [3.63, 3.8) is 0 Å². The molecule has 0 saturated heterocycles. The van der Waals surface area contributed by atoms with Gasteiger partial charge in [-0.3, -0.25) is 4.79 Å². The Morgan fingerprint density at radius 3 is 2.46 bits per heavy atom. The van der Waals surface area contributed by atoms with Crippen LogP contribution in [0.5, 0.6) is 0 Å². The van der Waals surface area contributed by atoms with Crippen LogP contribution in [0.15, 0.2) is 23.8 Å². The molecule has 3 nitrogen and oxygen atoms in total. The zero-order valence-corrected chi connectivity index (χ0v) is 24.0. The van der Waals surface area contributed by atoms with Crippen molar-refractivity contribution in [1.82, 2.24) is 0 Å². The fourth-order valence-corrected chi connectivity index (χ4v) is 9.79. The summed E-state index contributed by atoms with van der Waals surface area (Å²) >= 11 is 0. The number of carbonyl (C=O) groups is 1. The maximum atomic E-state index is 11.8. The summed E-state index contributed by atoms with van der Waals surface area (Å²) in [6, 6.07) is 0. The van der Waals surface area contributed by atoms with E-state index in [2.05, 4.69) is 53.7 Å². The average Bonchev–Trinajstić information content (AvgIpc) is 3.00. The largest absolute Gasteiger partial charge is 0.462 e. The Labute approximate surface area is 215 Å². The first kappa shape index (κ1) is 27.0. The standard InChI is InChI=1S/C32H52O3/c1-21(11-10-17-28(3,4)34)23-14-19-32(9)25-12-13-26-29(5,6)27(35-22(2)33)16-18-30(26,7)24(25)15-20-31(23,32)8/h10,12,17,21,23-24,26-27,34H,11,13-16,18-20H2,1-9H3/b17-10+/t21-,23+,24+,26+,27+,30-,31+,32-/m1/s1. The van der Waals surface area contributed by atoms with Crippen molar-refractivity contribution >= 4 is 5.97 Å². The molecule has 4 rings (SSSR count). The summed E-state index contributed by atoms with van der Waals surface area (Å²) in [6.07, 6.45) is 16.4. The molecule has 0 radical (unpaired) electrons. The molecule has 0 heterocycles. The first-order chi connectivity index (χ1) is 16.1. The summed E-state index contributed by atoms with van der Waals surface area (Å²) in [5, 5.41) is 10.1. The van der Waals surface area contributed by atoms with E-state index < -0.39 is 5.60 Å². The van der Waals surface area contributed by atoms with Crippen LogP contribution in [-0.4, -0.2) is 22.8 Å². The van der Waals surface area contributed by atoms with Gasteiger partial charge < -0.3 is 9.84 Å². The molecule has 3 heteroatoms. The second kappa shape index (κ2) is 8.74. The lowest BCUT2D eigenvalue weighted by Crippen LogP contribution is -2.58. The molecular weight excluding hydrogens is 432 g/mol. The Morgan fingerprint density at radius 1 is 1.14 bits per heavy atom. The van der Waals surface area contributed by atoms with Gasteiger partial charge in [0.15, 0.2) is 0 Å². The topological polar surface area (TPSA) is 46.5 Å². The molecule has 0 aromatic rings. The number of aliphatic hydroxyl groups is 1. The molecular formula is C32H52O3. The van der Waals surface area contributed by atoms with Crippen molar-refractivity contribution in [2.24, 2.45) is 45.3 Å². The van der Waals surface area contributed by atoms with Crippen molar-refractivity contribution in [3.8, 4) is 0 Å². The molecule has 3 fully saturated rings. The van der Waals surface area contributed by atoms with Crippen LogP contribution in [0.4, 0.5) is 0 Å². The Kier molecular flexibility index (Phi) is 6.73. The number of ether oxygens (including phenoxy) is 1. The van der Waals surface area contributed by atoms with Crippen molar-refractivity contribution in [2.45, 2.75) is 125 Å². The predicted octanol–water partition coefficient (Wildman–Crippen LogP) is 7.88. The van der Waals surface area contributed by atoms with Gasteiger partial charge in [-0.15, -0.1) is 0 Å². The molecule has 0 spiro atoms. The number of rotatable bonds is 5. The molecule has 0 aromatic carbocycles. The number of allylic oxidation sites excluding steroid dienone is 3. The summed E-state index contributed by atoms with van der Waals surface area (Å²) < 4.78 is 5.85. The second-order valence-corrected chi connectivity index (χ2v) is 14.7. The normalized spacial score (nSPS) is 43.7. The van der Waals surface area contributed by atoms with Gasteiger partial charge >= 0.3 is 5.97 Å². The summed E-state index contributed by atoms with van der Waals surface area (Å²) in [6.45, 7) is 20.2. The van der Waals surface area contributed by atoms with Gasteiger partial charge in [0.25, 0.3) is 0 Å². The molecule has 4 aliphatic rings. The van der Waals surface area contributed by atoms with Gasteiger partial charge in [0.2, 0.25) is 0 Å². The van der Waals surface area contributed by atoms with Crippen molar-refractivity contribution in [1.29, 1.82) is 0 Å². The van der Waals surface area contributed by atoms with E-state index in [9.17, 15) is 9.90 Å². The van der Waals surface area contributed by atoms with E-state index in [1.807, 2.05) is 19.9 Å². The van der Waals surface area contributed by atoms with Crippen molar-refractivity contribution in [2.75, 3.05) is 0 Å². The zero-order chi connectivity index (χ0) is 26.0. The minimum absolute atomic E-state index is 0.00188. The Morgan fingerprint density at radius 2 is 1.83 bits per heavy atom. The third kappa shape index (κ3) is 4.26. The van der Waals surface area contributed by atoms with Crippen LogP contribution in [-0.2, 0) is 9.53 Å². The minimum Gasteiger partial charge on any atom is -0.462 e. The maximum absolute atomic E-state index is 11.8. The van der Waals surface area contributed by atoms with Gasteiger partial charge in [0, 0.05) is 12.3 Å². The van der Waals surface area contributed by atoms with Crippen LogP contribution in [0, 0.1) is 45.3 Å². The monoisotopic (exact) mass is 484 g/mol. The fraction of sp³-hybridized carbons (Fsp3) is 0.844. The highest BCUT2D eigenvalue weighted by molar-refractivity contribution is 5.66. The molecule has 0 amide bonds. The SMILES string of the molecule is CC(=O)O[C@H]1CC[C@]2(C)[C@H]3CC[C@@]4(C)[C@H]([C@H](C)C/C=C/C(C)(C)O)CC[C@]4(C)C3=CC[C@H]2C1(C)C. The highest BCUT2D eigenvalue weighted by atomic mass is 16.5. The van der Waals surface area contributed by atoms with Gasteiger partial charge in [-0.25, -0.2) is 0 Å². The smallest absolute Gasteiger partial charge is 0.302 e. The number of hydrogen-bond donors (Lipinski definition) is 1. The van der Waals surface area contributed by atoms with E-state index in [0.717, 1.165) is 31.6 Å². The van der Waals surface area contributed by atoms with E-state index in [1.165, 1.54) is 25.7 Å². The van der Waals surface area contributed by atoms with Crippen LogP contribution in [0.3, 0.4) is 0 Å². The minimum atomic E-state index is -0.729. The maximum Gasteiger partial charge on any atom is 0.302 e. The van der Waals surface area contributed by atoms with Gasteiger partial charge in [-0.2, -0.15) is 0 Å². The second-order valence-electron chi connectivity index (χ2n) is 14.7. The highest BCUT2D eigenvalue weighted by Gasteiger charge is 2.65. The molecule has 1 N–H and O–H groups in total. The summed E-state index contributed by atoms with van der Waals surface area (Å²) in [5.41, 5.74) is 1.95. The van der Waals surface area contributed by atoms with E-state index in [-0.39, 0.29) is 28.3 Å². The highest BCUT2D eigenvalue weighted by Crippen LogP contribution is 2.73. The lowest BCUT2D eigenvalue weighted by Gasteiger charge is -2.64.